The van der Waals surface area contributed by atoms with E-state index in [9.17, 15) is 4.79 Å². The van der Waals surface area contributed by atoms with E-state index in [4.69, 9.17) is 4.74 Å². The van der Waals surface area contributed by atoms with Crippen LogP contribution in [-0.4, -0.2) is 30.6 Å². The summed E-state index contributed by atoms with van der Waals surface area (Å²) in [5.41, 5.74) is 2.69. The monoisotopic (exact) mass is 273 g/mol. The summed E-state index contributed by atoms with van der Waals surface area (Å²) in [6.07, 6.45) is 4.50. The molecule has 20 heavy (non-hydrogen) atoms. The molecule has 0 amide bonds. The molecule has 3 heteroatoms. The highest BCUT2D eigenvalue weighted by molar-refractivity contribution is 5.65. The molecular weight excluding hydrogens is 250 g/mol. The van der Waals surface area contributed by atoms with Gasteiger partial charge in [-0.3, -0.25) is 9.69 Å². The van der Waals surface area contributed by atoms with Crippen LogP contribution in [0.1, 0.15) is 38.3 Å². The van der Waals surface area contributed by atoms with E-state index in [2.05, 4.69) is 30.0 Å². The van der Waals surface area contributed by atoms with Crippen molar-refractivity contribution in [3.8, 4) is 0 Å². The van der Waals surface area contributed by atoms with Crippen LogP contribution < -0.4 is 0 Å². The molecule has 0 radical (unpaired) electrons. The number of hydrogen-bond donors (Lipinski definition) is 0. The summed E-state index contributed by atoms with van der Waals surface area (Å²) in [5, 5.41) is 0. The van der Waals surface area contributed by atoms with Gasteiger partial charge in [0.1, 0.15) is 6.61 Å². The van der Waals surface area contributed by atoms with E-state index >= 15 is 0 Å². The highest BCUT2D eigenvalue weighted by Gasteiger charge is 2.23. The van der Waals surface area contributed by atoms with Crippen molar-refractivity contribution in [3.05, 3.63) is 47.5 Å². The van der Waals surface area contributed by atoms with E-state index in [1.165, 1.54) is 18.1 Å². The minimum Gasteiger partial charge on any atom is -0.464 e. The van der Waals surface area contributed by atoms with Gasteiger partial charge in [0.2, 0.25) is 0 Å². The first-order chi connectivity index (χ1) is 9.70. The van der Waals surface area contributed by atoms with Crippen molar-refractivity contribution in [1.82, 2.24) is 4.90 Å². The first kappa shape index (κ1) is 14.8. The lowest BCUT2D eigenvalue weighted by atomic mass is 10.0. The molecule has 0 fully saturated rings. The van der Waals surface area contributed by atoms with Gasteiger partial charge in [0.15, 0.2) is 0 Å². The highest BCUT2D eigenvalue weighted by atomic mass is 16.5. The fraction of sp³-hybridized carbons (Fsp3) is 0.471. The average Bonchev–Trinajstić information content (AvgIpc) is 2.48. The minimum absolute atomic E-state index is 0.148. The van der Waals surface area contributed by atoms with Crippen LogP contribution in [0.3, 0.4) is 0 Å². The molecular formula is C17H23NO2. The van der Waals surface area contributed by atoms with Crippen LogP contribution in [0.4, 0.5) is 0 Å². The minimum atomic E-state index is -0.214. The summed E-state index contributed by atoms with van der Waals surface area (Å²) in [6.45, 7) is 6.08. The Morgan fingerprint density at radius 2 is 2.10 bits per heavy atom. The molecule has 0 saturated carbocycles. The third-order valence-electron chi connectivity index (χ3n) is 3.78. The predicted octanol–water partition coefficient (Wildman–Crippen LogP) is 3.33. The van der Waals surface area contributed by atoms with Crippen molar-refractivity contribution >= 4 is 5.97 Å². The van der Waals surface area contributed by atoms with Crippen LogP contribution in [0.5, 0.6) is 0 Å². The molecule has 0 unspecified atom stereocenters. The van der Waals surface area contributed by atoms with E-state index in [1.807, 2.05) is 18.2 Å². The van der Waals surface area contributed by atoms with Crippen LogP contribution >= 0.6 is 0 Å². The normalized spacial score (nSPS) is 17.4. The Hall–Kier alpha value is -1.61. The summed E-state index contributed by atoms with van der Waals surface area (Å²) in [7, 11) is 0. The lowest BCUT2D eigenvalue weighted by molar-refractivity contribution is -0.142. The highest BCUT2D eigenvalue weighted by Crippen LogP contribution is 2.25. The van der Waals surface area contributed by atoms with Gasteiger partial charge in [-0.2, -0.15) is 0 Å². The van der Waals surface area contributed by atoms with E-state index in [0.717, 1.165) is 25.9 Å². The lowest BCUT2D eigenvalue weighted by Gasteiger charge is -2.34. The van der Waals surface area contributed by atoms with Gasteiger partial charge in [0, 0.05) is 20.0 Å². The Morgan fingerprint density at radius 1 is 1.35 bits per heavy atom. The maximum Gasteiger partial charge on any atom is 0.302 e. The number of rotatable bonds is 5. The van der Waals surface area contributed by atoms with Crippen molar-refractivity contribution in [3.63, 3.8) is 0 Å². The lowest BCUT2D eigenvalue weighted by Crippen LogP contribution is -2.36. The third kappa shape index (κ3) is 3.94. The van der Waals surface area contributed by atoms with Gasteiger partial charge in [-0.1, -0.05) is 48.9 Å². The summed E-state index contributed by atoms with van der Waals surface area (Å²) in [6, 6.07) is 10.5. The van der Waals surface area contributed by atoms with E-state index < -0.39 is 0 Å². The van der Waals surface area contributed by atoms with Crippen LogP contribution in [0, 0.1) is 0 Å². The average molecular weight is 273 g/mol. The SMILES string of the molecule is CCC1=CCCN([C@H](COC(C)=O)c2ccccc2)C1. The zero-order chi connectivity index (χ0) is 14.4. The second-order valence-electron chi connectivity index (χ2n) is 5.20. The number of esters is 1. The fourth-order valence-electron chi connectivity index (χ4n) is 2.65. The predicted molar refractivity (Wildman–Crippen MR) is 80.4 cm³/mol. The van der Waals surface area contributed by atoms with Crippen molar-refractivity contribution < 1.29 is 9.53 Å². The largest absolute Gasteiger partial charge is 0.464 e. The van der Waals surface area contributed by atoms with Crippen molar-refractivity contribution in [2.24, 2.45) is 0 Å². The molecule has 1 aliphatic heterocycles. The number of ether oxygens (including phenoxy) is 1. The van der Waals surface area contributed by atoms with Gasteiger partial charge in [0.05, 0.1) is 6.04 Å². The Morgan fingerprint density at radius 3 is 2.75 bits per heavy atom. The van der Waals surface area contributed by atoms with Gasteiger partial charge in [-0.15, -0.1) is 0 Å². The van der Waals surface area contributed by atoms with E-state index in [-0.39, 0.29) is 12.0 Å². The van der Waals surface area contributed by atoms with Gasteiger partial charge in [0.25, 0.3) is 0 Å². The Kier molecular flexibility index (Phi) is 5.36. The topological polar surface area (TPSA) is 29.5 Å². The summed E-state index contributed by atoms with van der Waals surface area (Å²) >= 11 is 0. The number of nitrogens with zero attached hydrogens (tertiary/aromatic N) is 1. The molecule has 3 nitrogen and oxygen atoms in total. The smallest absolute Gasteiger partial charge is 0.302 e. The number of hydrogen-bond acceptors (Lipinski definition) is 3. The second-order valence-corrected chi connectivity index (χ2v) is 5.20. The van der Waals surface area contributed by atoms with Crippen molar-refractivity contribution in [2.45, 2.75) is 32.7 Å². The van der Waals surface area contributed by atoms with E-state index in [0.29, 0.717) is 6.61 Å². The molecule has 0 saturated heterocycles. The Labute approximate surface area is 121 Å². The van der Waals surface area contributed by atoms with Crippen molar-refractivity contribution in [1.29, 1.82) is 0 Å². The summed E-state index contributed by atoms with van der Waals surface area (Å²) in [4.78, 5) is 13.5. The molecule has 2 rings (SSSR count). The van der Waals surface area contributed by atoms with Gasteiger partial charge in [-0.25, -0.2) is 0 Å². The zero-order valence-corrected chi connectivity index (χ0v) is 12.3. The quantitative estimate of drug-likeness (QED) is 0.609. The maximum absolute atomic E-state index is 11.1. The molecule has 0 spiro atoms. The fourth-order valence-corrected chi connectivity index (χ4v) is 2.65. The maximum atomic E-state index is 11.1. The van der Waals surface area contributed by atoms with Gasteiger partial charge >= 0.3 is 5.97 Å². The van der Waals surface area contributed by atoms with Crippen molar-refractivity contribution in [2.75, 3.05) is 19.7 Å². The molecule has 1 atom stereocenters. The molecule has 0 aromatic heterocycles. The molecule has 108 valence electrons. The van der Waals surface area contributed by atoms with Crippen LogP contribution in [0.2, 0.25) is 0 Å². The van der Waals surface area contributed by atoms with Crippen LogP contribution in [0.15, 0.2) is 42.0 Å². The van der Waals surface area contributed by atoms with E-state index in [1.54, 1.807) is 0 Å². The molecule has 0 aliphatic carbocycles. The van der Waals surface area contributed by atoms with Gasteiger partial charge < -0.3 is 4.74 Å². The first-order valence-electron chi connectivity index (χ1n) is 7.31. The zero-order valence-electron chi connectivity index (χ0n) is 12.3. The van der Waals surface area contributed by atoms with Gasteiger partial charge in [-0.05, 0) is 18.4 Å². The van der Waals surface area contributed by atoms with Crippen LogP contribution in [0.25, 0.3) is 0 Å². The number of benzene rings is 1. The molecule has 0 N–H and O–H groups in total. The Bertz CT molecular complexity index is 467. The first-order valence-corrected chi connectivity index (χ1v) is 7.31. The molecule has 1 aromatic carbocycles. The Balaban J connectivity index is 2.14. The third-order valence-corrected chi connectivity index (χ3v) is 3.78. The molecule has 1 aromatic rings. The number of carbonyl (C=O) groups excluding carboxylic acids is 1. The van der Waals surface area contributed by atoms with Crippen LogP contribution in [-0.2, 0) is 9.53 Å². The molecule has 1 heterocycles. The standard InChI is InChI=1S/C17H23NO2/c1-3-15-8-7-11-18(12-15)17(13-20-14(2)19)16-9-5-4-6-10-16/h4-6,8-10,17H,3,7,11-13H2,1-2H3/t17-/m1/s1. The molecule has 1 aliphatic rings. The second kappa shape index (κ2) is 7.25. The number of carbonyl (C=O) groups is 1. The summed E-state index contributed by atoms with van der Waals surface area (Å²) in [5.74, 6) is -0.214. The summed E-state index contributed by atoms with van der Waals surface area (Å²) < 4.78 is 5.28. The molecule has 0 bridgehead atoms.